The summed E-state index contributed by atoms with van der Waals surface area (Å²) in [5.41, 5.74) is 0.603. The average molecular weight is 253 g/mol. The van der Waals surface area contributed by atoms with Crippen molar-refractivity contribution in [2.75, 3.05) is 7.11 Å². The third-order valence-corrected chi connectivity index (χ3v) is 2.49. The van der Waals surface area contributed by atoms with Crippen LogP contribution in [-0.2, 0) is 4.74 Å². The van der Waals surface area contributed by atoms with Crippen LogP contribution in [0.5, 0.6) is 11.5 Å². The molecule has 0 fully saturated rings. The van der Waals surface area contributed by atoms with Crippen LogP contribution in [0.25, 0.3) is 0 Å². The monoisotopic (exact) mass is 253 g/mol. The minimum Gasteiger partial charge on any atom is -0.465 e. The fraction of sp³-hybridized carbons (Fsp3) is 0.0667. The van der Waals surface area contributed by atoms with Gasteiger partial charge in [-0.2, -0.15) is 5.26 Å². The van der Waals surface area contributed by atoms with Crippen molar-refractivity contribution >= 4 is 5.97 Å². The molecule has 0 atom stereocenters. The highest BCUT2D eigenvalue weighted by Crippen LogP contribution is 2.25. The van der Waals surface area contributed by atoms with Crippen molar-refractivity contribution in [2.24, 2.45) is 0 Å². The fourth-order valence-electron chi connectivity index (χ4n) is 1.57. The van der Waals surface area contributed by atoms with E-state index in [0.717, 1.165) is 0 Å². The minimum atomic E-state index is -0.484. The molecule has 0 bridgehead atoms. The first-order chi connectivity index (χ1) is 9.24. The summed E-state index contributed by atoms with van der Waals surface area (Å²) in [6.07, 6.45) is 0. The highest BCUT2D eigenvalue weighted by Gasteiger charge is 2.11. The van der Waals surface area contributed by atoms with Gasteiger partial charge in [-0.05, 0) is 30.3 Å². The number of hydrogen-bond donors (Lipinski definition) is 0. The molecule has 0 heterocycles. The average Bonchev–Trinajstić information content (AvgIpc) is 2.48. The zero-order valence-electron chi connectivity index (χ0n) is 10.3. The zero-order chi connectivity index (χ0) is 13.7. The van der Waals surface area contributed by atoms with Gasteiger partial charge in [-0.1, -0.05) is 18.2 Å². The molecule has 0 aliphatic carbocycles. The van der Waals surface area contributed by atoms with Crippen LogP contribution in [0.1, 0.15) is 15.9 Å². The summed E-state index contributed by atoms with van der Waals surface area (Å²) in [5, 5.41) is 9.09. The van der Waals surface area contributed by atoms with Crippen molar-refractivity contribution in [1.29, 1.82) is 5.26 Å². The maximum atomic E-state index is 11.4. The molecule has 0 aromatic heterocycles. The van der Waals surface area contributed by atoms with E-state index in [4.69, 9.17) is 10.00 Å². The first kappa shape index (κ1) is 12.7. The molecule has 0 aliphatic heterocycles. The van der Waals surface area contributed by atoms with Crippen LogP contribution in [-0.4, -0.2) is 13.1 Å². The van der Waals surface area contributed by atoms with Crippen LogP contribution in [0.3, 0.4) is 0 Å². The minimum absolute atomic E-state index is 0.284. The highest BCUT2D eigenvalue weighted by molar-refractivity contribution is 5.90. The van der Waals surface area contributed by atoms with E-state index in [0.29, 0.717) is 17.1 Å². The lowest BCUT2D eigenvalue weighted by molar-refractivity contribution is 0.0600. The second-order valence-corrected chi connectivity index (χ2v) is 3.73. The third kappa shape index (κ3) is 2.90. The number of para-hydroxylation sites is 1. The molecule has 2 rings (SSSR count). The number of methoxy groups -OCH3 is 1. The van der Waals surface area contributed by atoms with Crippen LogP contribution in [0.2, 0.25) is 0 Å². The number of rotatable bonds is 3. The Balaban J connectivity index is 2.32. The van der Waals surface area contributed by atoms with Gasteiger partial charge >= 0.3 is 5.97 Å². The zero-order valence-corrected chi connectivity index (χ0v) is 10.3. The van der Waals surface area contributed by atoms with Crippen LogP contribution in [0, 0.1) is 11.3 Å². The van der Waals surface area contributed by atoms with Gasteiger partial charge in [-0.15, -0.1) is 0 Å². The quantitative estimate of drug-likeness (QED) is 0.788. The number of esters is 1. The molecule has 2 aromatic rings. The summed E-state index contributed by atoms with van der Waals surface area (Å²) >= 11 is 0. The van der Waals surface area contributed by atoms with Crippen LogP contribution >= 0.6 is 0 Å². The van der Waals surface area contributed by atoms with Crippen molar-refractivity contribution < 1.29 is 14.3 Å². The first-order valence-electron chi connectivity index (χ1n) is 5.60. The number of carbonyl (C=O) groups is 1. The molecule has 0 saturated heterocycles. The van der Waals surface area contributed by atoms with Crippen LogP contribution in [0.15, 0.2) is 48.5 Å². The van der Waals surface area contributed by atoms with E-state index >= 15 is 0 Å². The predicted octanol–water partition coefficient (Wildman–Crippen LogP) is 3.14. The number of hydrogen-bond acceptors (Lipinski definition) is 4. The standard InChI is InChI=1S/C15H11NO3/c1-18-15(17)11-7-8-14(12(9-11)10-16)19-13-5-3-2-4-6-13/h2-9H,1H3. The van der Waals surface area contributed by atoms with Gasteiger partial charge in [-0.3, -0.25) is 0 Å². The molecule has 94 valence electrons. The van der Waals surface area contributed by atoms with Gasteiger partial charge in [0.1, 0.15) is 17.6 Å². The lowest BCUT2D eigenvalue weighted by Gasteiger charge is -2.08. The normalized spacial score (nSPS) is 9.47. The second-order valence-electron chi connectivity index (χ2n) is 3.73. The van der Waals surface area contributed by atoms with Gasteiger partial charge in [-0.25, -0.2) is 4.79 Å². The van der Waals surface area contributed by atoms with Gasteiger partial charge in [0.2, 0.25) is 0 Å². The summed E-state index contributed by atoms with van der Waals surface area (Å²) in [6, 6.07) is 15.7. The summed E-state index contributed by atoms with van der Waals surface area (Å²) in [7, 11) is 1.29. The number of nitriles is 1. The van der Waals surface area contributed by atoms with E-state index < -0.39 is 5.97 Å². The molecular formula is C15H11NO3. The molecule has 0 N–H and O–H groups in total. The van der Waals surface area contributed by atoms with Gasteiger partial charge in [0.25, 0.3) is 0 Å². The molecule has 0 unspecified atom stereocenters. The number of carbonyl (C=O) groups excluding carboxylic acids is 1. The van der Waals surface area contributed by atoms with Crippen molar-refractivity contribution in [3.8, 4) is 17.6 Å². The van der Waals surface area contributed by atoms with E-state index in [2.05, 4.69) is 4.74 Å². The third-order valence-electron chi connectivity index (χ3n) is 2.49. The first-order valence-corrected chi connectivity index (χ1v) is 5.60. The van der Waals surface area contributed by atoms with Gasteiger partial charge in [0.05, 0.1) is 18.2 Å². The Bertz CT molecular complexity index is 630. The molecule has 2 aromatic carbocycles. The van der Waals surface area contributed by atoms with E-state index in [1.165, 1.54) is 13.2 Å². The maximum Gasteiger partial charge on any atom is 0.337 e. The van der Waals surface area contributed by atoms with Crippen molar-refractivity contribution in [3.63, 3.8) is 0 Å². The summed E-state index contributed by atoms with van der Waals surface area (Å²) in [6.45, 7) is 0. The van der Waals surface area contributed by atoms with E-state index in [1.54, 1.807) is 24.3 Å². The molecule has 0 radical (unpaired) electrons. The van der Waals surface area contributed by atoms with Crippen LogP contribution < -0.4 is 4.74 Å². The fourth-order valence-corrected chi connectivity index (χ4v) is 1.57. The van der Waals surface area contributed by atoms with Gasteiger partial charge in [0, 0.05) is 0 Å². The number of benzene rings is 2. The molecule has 0 saturated carbocycles. The summed E-state index contributed by atoms with van der Waals surface area (Å²) < 4.78 is 10.2. The Hall–Kier alpha value is -2.80. The second kappa shape index (κ2) is 5.69. The molecule has 19 heavy (non-hydrogen) atoms. The molecular weight excluding hydrogens is 242 g/mol. The summed E-state index contributed by atoms with van der Waals surface area (Å²) in [4.78, 5) is 11.4. The maximum absolute atomic E-state index is 11.4. The summed E-state index contributed by atoms with van der Waals surface area (Å²) in [5.74, 6) is 0.550. The Labute approximate surface area is 110 Å². The number of ether oxygens (including phenoxy) is 2. The Morgan fingerprint density at radius 3 is 2.53 bits per heavy atom. The SMILES string of the molecule is COC(=O)c1ccc(Oc2ccccc2)c(C#N)c1. The Kier molecular flexibility index (Phi) is 3.79. The lowest BCUT2D eigenvalue weighted by atomic mass is 10.1. The lowest BCUT2D eigenvalue weighted by Crippen LogP contribution is -2.01. The topological polar surface area (TPSA) is 59.3 Å². The molecule has 0 spiro atoms. The van der Waals surface area contributed by atoms with Crippen molar-refractivity contribution in [2.45, 2.75) is 0 Å². The van der Waals surface area contributed by atoms with E-state index in [9.17, 15) is 4.79 Å². The Morgan fingerprint density at radius 2 is 1.89 bits per heavy atom. The molecule has 0 amide bonds. The van der Waals surface area contributed by atoms with Gasteiger partial charge < -0.3 is 9.47 Å². The van der Waals surface area contributed by atoms with E-state index in [1.807, 2.05) is 24.3 Å². The Morgan fingerprint density at radius 1 is 1.16 bits per heavy atom. The molecule has 0 aliphatic rings. The van der Waals surface area contributed by atoms with E-state index in [-0.39, 0.29) is 5.56 Å². The number of nitrogens with zero attached hydrogens (tertiary/aromatic N) is 1. The largest absolute Gasteiger partial charge is 0.465 e. The predicted molar refractivity (Wildman–Crippen MR) is 69.0 cm³/mol. The highest BCUT2D eigenvalue weighted by atomic mass is 16.5. The van der Waals surface area contributed by atoms with Gasteiger partial charge in [0.15, 0.2) is 0 Å². The van der Waals surface area contributed by atoms with Crippen molar-refractivity contribution in [1.82, 2.24) is 0 Å². The van der Waals surface area contributed by atoms with Crippen LogP contribution in [0.4, 0.5) is 0 Å². The van der Waals surface area contributed by atoms with Crippen molar-refractivity contribution in [3.05, 3.63) is 59.7 Å². The smallest absolute Gasteiger partial charge is 0.337 e. The molecule has 4 heteroatoms. The molecule has 4 nitrogen and oxygen atoms in total.